The second-order valence-electron chi connectivity index (χ2n) is 6.67. The SMILES string of the molecule is CC1=NN(c2ccccc2)C(=O)/C1=C/c1coc2c(C)cc(C)cc2c1=O. The van der Waals surface area contributed by atoms with Crippen LogP contribution in [0.5, 0.6) is 0 Å². The largest absolute Gasteiger partial charge is 0.463 e. The summed E-state index contributed by atoms with van der Waals surface area (Å²) in [7, 11) is 0. The first-order valence-electron chi connectivity index (χ1n) is 8.65. The standard InChI is InChI=1S/C22H18N2O3/c1-13-9-14(2)21-19(10-13)20(25)16(12-27-21)11-18-15(3)23-24(22(18)26)17-7-5-4-6-8-17/h4-12H,1-3H3/b18-11+. The van der Waals surface area contributed by atoms with E-state index in [0.29, 0.717) is 33.5 Å². The van der Waals surface area contributed by atoms with E-state index in [-0.39, 0.29) is 11.3 Å². The van der Waals surface area contributed by atoms with Crippen LogP contribution in [0.4, 0.5) is 5.69 Å². The van der Waals surface area contributed by atoms with Crippen LogP contribution < -0.4 is 10.4 Å². The Morgan fingerprint density at radius 3 is 2.52 bits per heavy atom. The number of fused-ring (bicyclic) bond motifs is 1. The monoisotopic (exact) mass is 358 g/mol. The van der Waals surface area contributed by atoms with E-state index in [1.54, 1.807) is 13.0 Å². The third kappa shape index (κ3) is 2.87. The van der Waals surface area contributed by atoms with Crippen molar-refractivity contribution in [2.45, 2.75) is 20.8 Å². The van der Waals surface area contributed by atoms with Gasteiger partial charge in [-0.15, -0.1) is 0 Å². The first-order valence-corrected chi connectivity index (χ1v) is 8.65. The predicted molar refractivity (Wildman–Crippen MR) is 107 cm³/mol. The third-order valence-corrected chi connectivity index (χ3v) is 4.59. The molecule has 0 atom stereocenters. The number of nitrogens with zero attached hydrogens (tertiary/aromatic N) is 2. The minimum Gasteiger partial charge on any atom is -0.463 e. The van der Waals surface area contributed by atoms with Crippen LogP contribution in [0, 0.1) is 13.8 Å². The van der Waals surface area contributed by atoms with Gasteiger partial charge in [-0.2, -0.15) is 10.1 Å². The van der Waals surface area contributed by atoms with Gasteiger partial charge in [-0.25, -0.2) is 0 Å². The van der Waals surface area contributed by atoms with Gasteiger partial charge in [0.25, 0.3) is 5.91 Å². The lowest BCUT2D eigenvalue weighted by Crippen LogP contribution is -2.21. The molecule has 1 amide bonds. The molecule has 134 valence electrons. The van der Waals surface area contributed by atoms with Gasteiger partial charge in [0.2, 0.25) is 0 Å². The molecule has 1 aromatic heterocycles. The second-order valence-corrected chi connectivity index (χ2v) is 6.67. The average molecular weight is 358 g/mol. The number of para-hydroxylation sites is 1. The van der Waals surface area contributed by atoms with Gasteiger partial charge in [0, 0.05) is 0 Å². The number of hydrogen-bond acceptors (Lipinski definition) is 4. The van der Waals surface area contributed by atoms with Crippen molar-refractivity contribution in [1.29, 1.82) is 0 Å². The number of hydrazone groups is 1. The molecule has 0 fully saturated rings. The highest BCUT2D eigenvalue weighted by atomic mass is 16.3. The molecule has 0 N–H and O–H groups in total. The van der Waals surface area contributed by atoms with E-state index in [1.165, 1.54) is 11.3 Å². The van der Waals surface area contributed by atoms with E-state index in [4.69, 9.17) is 4.42 Å². The number of hydrogen-bond donors (Lipinski definition) is 0. The van der Waals surface area contributed by atoms with Crippen molar-refractivity contribution in [3.05, 3.63) is 81.2 Å². The van der Waals surface area contributed by atoms with Crippen LogP contribution in [0.2, 0.25) is 0 Å². The number of rotatable bonds is 2. The van der Waals surface area contributed by atoms with Crippen LogP contribution in [-0.4, -0.2) is 11.6 Å². The summed E-state index contributed by atoms with van der Waals surface area (Å²) in [6.07, 6.45) is 2.97. The number of carbonyl (C=O) groups excluding carboxylic acids is 1. The van der Waals surface area contributed by atoms with Crippen LogP contribution >= 0.6 is 0 Å². The van der Waals surface area contributed by atoms with Crippen LogP contribution in [-0.2, 0) is 4.79 Å². The average Bonchev–Trinajstić information content (AvgIpc) is 2.93. The normalized spacial score (nSPS) is 15.7. The molecule has 5 nitrogen and oxygen atoms in total. The Morgan fingerprint density at radius 2 is 1.78 bits per heavy atom. The number of benzene rings is 2. The molecule has 0 saturated heterocycles. The molecule has 1 aliphatic heterocycles. The fourth-order valence-electron chi connectivity index (χ4n) is 3.29. The van der Waals surface area contributed by atoms with Gasteiger partial charge in [0.05, 0.1) is 27.9 Å². The smallest absolute Gasteiger partial charge is 0.280 e. The fourth-order valence-corrected chi connectivity index (χ4v) is 3.29. The van der Waals surface area contributed by atoms with Crippen LogP contribution in [0.15, 0.2) is 68.6 Å². The Balaban J connectivity index is 1.80. The van der Waals surface area contributed by atoms with E-state index in [9.17, 15) is 9.59 Å². The van der Waals surface area contributed by atoms with Crippen molar-refractivity contribution in [3.63, 3.8) is 0 Å². The molecule has 0 aliphatic carbocycles. The lowest BCUT2D eigenvalue weighted by atomic mass is 10.0. The molecular weight excluding hydrogens is 340 g/mol. The van der Waals surface area contributed by atoms with E-state index in [0.717, 1.165) is 11.1 Å². The lowest BCUT2D eigenvalue weighted by molar-refractivity contribution is -0.114. The molecule has 4 rings (SSSR count). The first kappa shape index (κ1) is 17.0. The van der Waals surface area contributed by atoms with Crippen LogP contribution in [0.3, 0.4) is 0 Å². The Bertz CT molecular complexity index is 1190. The zero-order valence-electron chi connectivity index (χ0n) is 15.3. The summed E-state index contributed by atoms with van der Waals surface area (Å²) in [4.78, 5) is 25.7. The highest BCUT2D eigenvalue weighted by Gasteiger charge is 2.29. The Labute approximate surface area is 156 Å². The molecule has 0 bridgehead atoms. The van der Waals surface area contributed by atoms with E-state index >= 15 is 0 Å². The van der Waals surface area contributed by atoms with Gasteiger partial charge >= 0.3 is 0 Å². The van der Waals surface area contributed by atoms with Crippen molar-refractivity contribution in [1.82, 2.24) is 0 Å². The summed E-state index contributed by atoms with van der Waals surface area (Å²) in [5, 5.41) is 6.20. The Kier molecular flexibility index (Phi) is 4.00. The van der Waals surface area contributed by atoms with Gasteiger partial charge in [0.15, 0.2) is 5.43 Å². The fraction of sp³-hybridized carbons (Fsp3) is 0.136. The van der Waals surface area contributed by atoms with Crippen molar-refractivity contribution in [2.24, 2.45) is 5.10 Å². The molecule has 0 spiro atoms. The quantitative estimate of drug-likeness (QED) is 0.645. The van der Waals surface area contributed by atoms with Gasteiger partial charge in [0.1, 0.15) is 11.8 Å². The van der Waals surface area contributed by atoms with Crippen LogP contribution in [0.25, 0.3) is 17.0 Å². The first-order chi connectivity index (χ1) is 13.0. The van der Waals surface area contributed by atoms with E-state index in [1.807, 2.05) is 56.3 Å². The van der Waals surface area contributed by atoms with E-state index < -0.39 is 0 Å². The molecule has 0 unspecified atom stereocenters. The minimum absolute atomic E-state index is 0.158. The molecule has 0 radical (unpaired) electrons. The van der Waals surface area contributed by atoms with Gasteiger partial charge in [-0.05, 0) is 56.2 Å². The highest BCUT2D eigenvalue weighted by molar-refractivity contribution is 6.32. The lowest BCUT2D eigenvalue weighted by Gasteiger charge is -2.11. The number of amides is 1. The van der Waals surface area contributed by atoms with Crippen molar-refractivity contribution in [3.8, 4) is 0 Å². The molecule has 2 heterocycles. The summed E-state index contributed by atoms with van der Waals surface area (Å²) in [6, 6.07) is 13.0. The summed E-state index contributed by atoms with van der Waals surface area (Å²) in [6.45, 7) is 5.60. The predicted octanol–water partition coefficient (Wildman–Crippen LogP) is 4.22. The Morgan fingerprint density at radius 1 is 1.04 bits per heavy atom. The maximum atomic E-state index is 12.9. The zero-order valence-corrected chi connectivity index (χ0v) is 15.3. The summed E-state index contributed by atoms with van der Waals surface area (Å²) >= 11 is 0. The minimum atomic E-state index is -0.265. The molecular formula is C22H18N2O3. The van der Waals surface area contributed by atoms with E-state index in [2.05, 4.69) is 5.10 Å². The highest BCUT2D eigenvalue weighted by Crippen LogP contribution is 2.25. The summed E-state index contributed by atoms with van der Waals surface area (Å²) in [5.41, 5.74) is 4.27. The number of aryl methyl sites for hydroxylation is 2. The van der Waals surface area contributed by atoms with Gasteiger partial charge in [-0.1, -0.05) is 24.3 Å². The maximum Gasteiger partial charge on any atom is 0.280 e. The molecule has 27 heavy (non-hydrogen) atoms. The summed E-state index contributed by atoms with van der Waals surface area (Å²) in [5.74, 6) is -0.265. The van der Waals surface area contributed by atoms with Gasteiger partial charge in [-0.3, -0.25) is 9.59 Å². The molecule has 2 aromatic carbocycles. The zero-order chi connectivity index (χ0) is 19.1. The van der Waals surface area contributed by atoms with Gasteiger partial charge < -0.3 is 4.42 Å². The molecule has 3 aromatic rings. The second kappa shape index (κ2) is 6.36. The van der Waals surface area contributed by atoms with Crippen molar-refractivity contribution in [2.75, 3.05) is 5.01 Å². The Hall–Kier alpha value is -3.47. The number of anilines is 1. The maximum absolute atomic E-state index is 12.9. The third-order valence-electron chi connectivity index (χ3n) is 4.59. The molecule has 0 saturated carbocycles. The van der Waals surface area contributed by atoms with Crippen molar-refractivity contribution < 1.29 is 9.21 Å². The molecule has 1 aliphatic rings. The van der Waals surface area contributed by atoms with Crippen molar-refractivity contribution >= 4 is 34.4 Å². The number of carbonyl (C=O) groups is 1. The van der Waals surface area contributed by atoms with Crippen LogP contribution in [0.1, 0.15) is 23.6 Å². The molecule has 5 heteroatoms. The topological polar surface area (TPSA) is 62.9 Å². The summed E-state index contributed by atoms with van der Waals surface area (Å²) < 4.78 is 5.69.